The molecule has 0 saturated heterocycles. The van der Waals surface area contributed by atoms with Crippen molar-refractivity contribution < 1.29 is 19.1 Å². The van der Waals surface area contributed by atoms with Crippen LogP contribution in [-0.4, -0.2) is 43.9 Å². The summed E-state index contributed by atoms with van der Waals surface area (Å²) in [7, 11) is 1.43. The van der Waals surface area contributed by atoms with Gasteiger partial charge < -0.3 is 20.1 Å². The van der Waals surface area contributed by atoms with Crippen molar-refractivity contribution >= 4 is 12.0 Å². The van der Waals surface area contributed by atoms with E-state index >= 15 is 0 Å². The third kappa shape index (κ3) is 7.52. The summed E-state index contributed by atoms with van der Waals surface area (Å²) in [6.07, 6.45) is 4.35. The Morgan fingerprint density at radius 3 is 2.44 bits per heavy atom. The number of hydrogen-bond donors (Lipinski definition) is 2. The molecule has 0 bridgehead atoms. The van der Waals surface area contributed by atoms with Crippen LogP contribution in [0.3, 0.4) is 0 Å². The maximum Gasteiger partial charge on any atom is 0.408 e. The first kappa shape index (κ1) is 16.3. The van der Waals surface area contributed by atoms with E-state index in [4.69, 9.17) is 15.9 Å². The molecule has 0 unspecified atom stereocenters. The molecule has 0 aromatic carbocycles. The fourth-order valence-corrected chi connectivity index (χ4v) is 1.06. The van der Waals surface area contributed by atoms with Crippen LogP contribution in [0, 0.1) is 12.3 Å². The normalized spacial score (nSPS) is 12.2. The van der Waals surface area contributed by atoms with Crippen molar-refractivity contribution in [2.75, 3.05) is 20.3 Å². The molecule has 0 aliphatic heterocycles. The standard InChI is InChI=1S/C12H20N2O4/c1-6-7-13-10(15)9(8-17-5)14-11(16)18-12(2,3)4/h1,9H,7-8H2,2-5H3,(H,13,15)(H,14,16)/t9-/m0/s1. The minimum Gasteiger partial charge on any atom is -0.444 e. The number of alkyl carbamates (subject to hydrolysis) is 1. The number of terminal acetylenes is 1. The summed E-state index contributed by atoms with van der Waals surface area (Å²) in [4.78, 5) is 23.1. The van der Waals surface area contributed by atoms with Crippen LogP contribution in [0.1, 0.15) is 20.8 Å². The molecule has 0 saturated carbocycles. The molecule has 0 heterocycles. The minimum absolute atomic E-state index is 0.0373. The maximum atomic E-state index is 11.6. The first-order valence-electron chi connectivity index (χ1n) is 5.49. The fourth-order valence-electron chi connectivity index (χ4n) is 1.06. The third-order valence-corrected chi connectivity index (χ3v) is 1.71. The molecular weight excluding hydrogens is 236 g/mol. The van der Waals surface area contributed by atoms with E-state index in [1.54, 1.807) is 20.8 Å². The van der Waals surface area contributed by atoms with Gasteiger partial charge in [0.15, 0.2) is 0 Å². The van der Waals surface area contributed by atoms with Crippen molar-refractivity contribution in [2.24, 2.45) is 0 Å². The second kappa shape index (κ2) is 7.56. The van der Waals surface area contributed by atoms with Crippen LogP contribution in [0.25, 0.3) is 0 Å². The van der Waals surface area contributed by atoms with Gasteiger partial charge >= 0.3 is 6.09 Å². The Labute approximate surface area is 107 Å². The van der Waals surface area contributed by atoms with Gasteiger partial charge in [0.1, 0.15) is 11.6 Å². The van der Waals surface area contributed by atoms with Gasteiger partial charge in [0.25, 0.3) is 0 Å². The second-order valence-electron chi connectivity index (χ2n) is 4.58. The SMILES string of the molecule is C#CCNC(=O)[C@H](COC)NC(=O)OC(C)(C)C. The molecule has 0 spiro atoms. The Balaban J connectivity index is 4.39. The Hall–Kier alpha value is -1.74. The summed E-state index contributed by atoms with van der Waals surface area (Å²) in [6, 6.07) is -0.835. The van der Waals surface area contributed by atoms with Gasteiger partial charge in [-0.3, -0.25) is 4.79 Å². The molecule has 6 nitrogen and oxygen atoms in total. The molecule has 0 aromatic heterocycles. The van der Waals surface area contributed by atoms with E-state index < -0.39 is 23.6 Å². The number of ether oxygens (including phenoxy) is 2. The number of nitrogens with one attached hydrogen (secondary N) is 2. The minimum atomic E-state index is -0.835. The number of carbonyl (C=O) groups excluding carboxylic acids is 2. The number of hydrogen-bond acceptors (Lipinski definition) is 4. The van der Waals surface area contributed by atoms with Crippen LogP contribution in [0.2, 0.25) is 0 Å². The highest BCUT2D eigenvalue weighted by molar-refractivity contribution is 5.85. The number of amides is 2. The third-order valence-electron chi connectivity index (χ3n) is 1.71. The van der Waals surface area contributed by atoms with E-state index in [9.17, 15) is 9.59 Å². The van der Waals surface area contributed by atoms with Crippen molar-refractivity contribution in [1.29, 1.82) is 0 Å². The topological polar surface area (TPSA) is 76.7 Å². The van der Waals surface area contributed by atoms with Crippen LogP contribution in [0.5, 0.6) is 0 Å². The van der Waals surface area contributed by atoms with E-state index in [0.29, 0.717) is 0 Å². The predicted molar refractivity (Wildman–Crippen MR) is 66.9 cm³/mol. The largest absolute Gasteiger partial charge is 0.444 e. The Bertz CT molecular complexity index is 328. The molecule has 102 valence electrons. The van der Waals surface area contributed by atoms with Gasteiger partial charge in [0.2, 0.25) is 5.91 Å². The van der Waals surface area contributed by atoms with Crippen LogP contribution in [0.4, 0.5) is 4.79 Å². The average molecular weight is 256 g/mol. The molecule has 2 N–H and O–H groups in total. The lowest BCUT2D eigenvalue weighted by molar-refractivity contribution is -0.124. The lowest BCUT2D eigenvalue weighted by Gasteiger charge is -2.22. The lowest BCUT2D eigenvalue weighted by Crippen LogP contribution is -2.50. The molecule has 0 radical (unpaired) electrons. The number of carbonyl (C=O) groups is 2. The Kier molecular flexibility index (Phi) is 6.83. The van der Waals surface area contributed by atoms with Gasteiger partial charge in [-0.05, 0) is 20.8 Å². The molecule has 0 fully saturated rings. The summed E-state index contributed by atoms with van der Waals surface area (Å²) in [6.45, 7) is 5.33. The van der Waals surface area contributed by atoms with Crippen LogP contribution in [-0.2, 0) is 14.3 Å². The average Bonchev–Trinajstić information content (AvgIpc) is 2.22. The van der Waals surface area contributed by atoms with Crippen molar-refractivity contribution in [2.45, 2.75) is 32.4 Å². The first-order chi connectivity index (χ1) is 8.30. The van der Waals surface area contributed by atoms with Crippen LogP contribution < -0.4 is 10.6 Å². The second-order valence-corrected chi connectivity index (χ2v) is 4.58. The highest BCUT2D eigenvalue weighted by Gasteiger charge is 2.23. The molecule has 1 atom stereocenters. The summed E-state index contributed by atoms with van der Waals surface area (Å²) in [5.74, 6) is 1.85. The molecule has 0 aliphatic carbocycles. The van der Waals surface area contributed by atoms with E-state index in [2.05, 4.69) is 16.6 Å². The molecule has 6 heteroatoms. The highest BCUT2D eigenvalue weighted by Crippen LogP contribution is 2.06. The van der Waals surface area contributed by atoms with Gasteiger partial charge in [-0.15, -0.1) is 6.42 Å². The quantitative estimate of drug-likeness (QED) is 0.692. The van der Waals surface area contributed by atoms with Crippen molar-refractivity contribution in [1.82, 2.24) is 10.6 Å². The van der Waals surface area contributed by atoms with Gasteiger partial charge in [0.05, 0.1) is 13.2 Å². The first-order valence-corrected chi connectivity index (χ1v) is 5.49. The zero-order chi connectivity index (χ0) is 14.2. The summed E-state index contributed by atoms with van der Waals surface area (Å²) >= 11 is 0. The molecular formula is C12H20N2O4. The summed E-state index contributed by atoms with van der Waals surface area (Å²) < 4.78 is 9.90. The summed E-state index contributed by atoms with van der Waals surface area (Å²) in [5.41, 5.74) is -0.628. The zero-order valence-corrected chi connectivity index (χ0v) is 11.2. The smallest absolute Gasteiger partial charge is 0.408 e. The van der Waals surface area contributed by atoms with Crippen molar-refractivity contribution in [3.63, 3.8) is 0 Å². The van der Waals surface area contributed by atoms with Gasteiger partial charge in [-0.1, -0.05) is 5.92 Å². The van der Waals surface area contributed by atoms with Gasteiger partial charge in [0, 0.05) is 7.11 Å². The van der Waals surface area contributed by atoms with E-state index in [0.717, 1.165) is 0 Å². The number of rotatable bonds is 5. The fraction of sp³-hybridized carbons (Fsp3) is 0.667. The molecule has 0 rings (SSSR count). The van der Waals surface area contributed by atoms with E-state index in [-0.39, 0.29) is 13.2 Å². The molecule has 0 aromatic rings. The predicted octanol–water partition coefficient (Wildman–Crippen LogP) is 0.275. The van der Waals surface area contributed by atoms with Crippen molar-refractivity contribution in [3.05, 3.63) is 0 Å². The number of methoxy groups -OCH3 is 1. The molecule has 0 aliphatic rings. The monoisotopic (exact) mass is 256 g/mol. The maximum absolute atomic E-state index is 11.6. The van der Waals surface area contributed by atoms with Crippen LogP contribution in [0.15, 0.2) is 0 Å². The Morgan fingerprint density at radius 2 is 2.00 bits per heavy atom. The summed E-state index contributed by atoms with van der Waals surface area (Å²) in [5, 5.41) is 4.88. The highest BCUT2D eigenvalue weighted by atomic mass is 16.6. The van der Waals surface area contributed by atoms with E-state index in [1.165, 1.54) is 7.11 Å². The molecule has 2 amide bonds. The Morgan fingerprint density at radius 1 is 1.39 bits per heavy atom. The van der Waals surface area contributed by atoms with E-state index in [1.807, 2.05) is 0 Å². The van der Waals surface area contributed by atoms with Crippen molar-refractivity contribution in [3.8, 4) is 12.3 Å². The van der Waals surface area contributed by atoms with Crippen LogP contribution >= 0.6 is 0 Å². The van der Waals surface area contributed by atoms with Gasteiger partial charge in [-0.25, -0.2) is 4.79 Å². The lowest BCUT2D eigenvalue weighted by atomic mass is 10.2. The molecule has 18 heavy (non-hydrogen) atoms. The van der Waals surface area contributed by atoms with Gasteiger partial charge in [-0.2, -0.15) is 0 Å². The zero-order valence-electron chi connectivity index (χ0n) is 11.2.